The summed E-state index contributed by atoms with van der Waals surface area (Å²) in [7, 11) is 0. The number of halogens is 1. The van der Waals surface area contributed by atoms with Gasteiger partial charge in [0.25, 0.3) is 0 Å². The highest BCUT2D eigenvalue weighted by Gasteiger charge is 2.14. The van der Waals surface area contributed by atoms with Gasteiger partial charge in [-0.2, -0.15) is 0 Å². The molecule has 0 spiro atoms. The number of nitrogen functional groups attached to an aromatic ring is 1. The van der Waals surface area contributed by atoms with E-state index in [1.807, 2.05) is 23.9 Å². The molecule has 2 atom stereocenters. The number of hydrogen-bond acceptors (Lipinski definition) is 2. The van der Waals surface area contributed by atoms with Crippen molar-refractivity contribution < 1.29 is 0 Å². The second-order valence-electron chi connectivity index (χ2n) is 4.49. The lowest BCUT2D eigenvalue weighted by Crippen LogP contribution is -2.13. The number of hydrogen-bond donors (Lipinski definition) is 1. The molecule has 2 unspecified atom stereocenters. The van der Waals surface area contributed by atoms with E-state index in [1.165, 1.54) is 4.90 Å². The topological polar surface area (TPSA) is 26.0 Å². The van der Waals surface area contributed by atoms with E-state index in [-0.39, 0.29) is 5.38 Å². The minimum absolute atomic E-state index is 0.260. The van der Waals surface area contributed by atoms with Crippen LogP contribution in [0.2, 0.25) is 0 Å². The average molecular weight is 258 g/mol. The molecule has 1 aromatic rings. The van der Waals surface area contributed by atoms with Gasteiger partial charge in [0.15, 0.2) is 0 Å². The van der Waals surface area contributed by atoms with Gasteiger partial charge in [0.2, 0.25) is 0 Å². The van der Waals surface area contributed by atoms with Crippen molar-refractivity contribution in [1.82, 2.24) is 0 Å². The van der Waals surface area contributed by atoms with E-state index < -0.39 is 0 Å². The van der Waals surface area contributed by atoms with Gasteiger partial charge in [0.05, 0.1) is 0 Å². The fraction of sp³-hybridized carbons (Fsp3) is 0.538. The monoisotopic (exact) mass is 257 g/mol. The summed E-state index contributed by atoms with van der Waals surface area (Å²) in [6, 6.07) is 8.01. The van der Waals surface area contributed by atoms with Crippen LogP contribution >= 0.6 is 23.4 Å². The molecule has 90 valence electrons. The van der Waals surface area contributed by atoms with Gasteiger partial charge in [0, 0.05) is 21.2 Å². The van der Waals surface area contributed by atoms with Gasteiger partial charge in [-0.15, -0.1) is 23.4 Å². The van der Waals surface area contributed by atoms with Crippen LogP contribution < -0.4 is 5.73 Å². The molecule has 0 aliphatic heterocycles. The molecule has 0 fully saturated rings. The Bertz CT molecular complexity index is 310. The molecule has 1 nitrogen and oxygen atoms in total. The predicted octanol–water partition coefficient (Wildman–Crippen LogP) is 4.40. The molecule has 0 radical (unpaired) electrons. The quantitative estimate of drug-likeness (QED) is 0.481. The molecule has 0 aromatic heterocycles. The van der Waals surface area contributed by atoms with Crippen LogP contribution in [0.5, 0.6) is 0 Å². The zero-order valence-electron chi connectivity index (χ0n) is 10.1. The van der Waals surface area contributed by atoms with Gasteiger partial charge in [0.1, 0.15) is 0 Å². The lowest BCUT2D eigenvalue weighted by molar-refractivity contribution is 0.564. The number of benzene rings is 1. The van der Waals surface area contributed by atoms with Crippen LogP contribution in [0.15, 0.2) is 29.2 Å². The van der Waals surface area contributed by atoms with Gasteiger partial charge in [-0.05, 0) is 36.6 Å². The van der Waals surface area contributed by atoms with E-state index in [4.69, 9.17) is 17.3 Å². The van der Waals surface area contributed by atoms with Crippen LogP contribution in [0.4, 0.5) is 5.69 Å². The number of rotatable bonds is 5. The number of nitrogens with two attached hydrogens (primary N) is 1. The molecule has 0 saturated carbocycles. The molecule has 3 heteroatoms. The highest BCUT2D eigenvalue weighted by Crippen LogP contribution is 2.29. The average Bonchev–Trinajstić information content (AvgIpc) is 2.21. The van der Waals surface area contributed by atoms with Crippen LogP contribution in [0.3, 0.4) is 0 Å². The van der Waals surface area contributed by atoms with E-state index in [2.05, 4.69) is 32.9 Å². The first-order valence-electron chi connectivity index (χ1n) is 5.65. The molecule has 2 N–H and O–H groups in total. The second kappa shape index (κ2) is 6.41. The fourth-order valence-electron chi connectivity index (χ4n) is 1.42. The Labute approximate surface area is 108 Å². The van der Waals surface area contributed by atoms with E-state index in [9.17, 15) is 0 Å². The van der Waals surface area contributed by atoms with Crippen molar-refractivity contribution in [2.24, 2.45) is 5.92 Å². The molecule has 1 rings (SSSR count). The summed E-state index contributed by atoms with van der Waals surface area (Å²) in [6.07, 6.45) is 1.04. The second-order valence-corrected chi connectivity index (χ2v) is 6.57. The van der Waals surface area contributed by atoms with Crippen LogP contribution in [0, 0.1) is 5.92 Å². The molecular formula is C13H20ClNS. The first-order valence-corrected chi connectivity index (χ1v) is 6.97. The Morgan fingerprint density at radius 3 is 2.25 bits per heavy atom. The van der Waals surface area contributed by atoms with Gasteiger partial charge in [-0.1, -0.05) is 20.8 Å². The van der Waals surface area contributed by atoms with Crippen molar-refractivity contribution in [3.8, 4) is 0 Å². The van der Waals surface area contributed by atoms with E-state index in [0.717, 1.165) is 12.1 Å². The van der Waals surface area contributed by atoms with Crippen molar-refractivity contribution in [1.29, 1.82) is 0 Å². The third-order valence-electron chi connectivity index (χ3n) is 2.50. The normalized spacial score (nSPS) is 15.1. The highest BCUT2D eigenvalue weighted by molar-refractivity contribution is 7.99. The van der Waals surface area contributed by atoms with Gasteiger partial charge in [-0.25, -0.2) is 0 Å². The Balaban J connectivity index is 2.45. The first kappa shape index (κ1) is 13.7. The van der Waals surface area contributed by atoms with Crippen LogP contribution in [0.25, 0.3) is 0 Å². The maximum absolute atomic E-state index is 6.27. The summed E-state index contributed by atoms with van der Waals surface area (Å²) >= 11 is 8.13. The van der Waals surface area contributed by atoms with Crippen molar-refractivity contribution in [3.63, 3.8) is 0 Å². The van der Waals surface area contributed by atoms with Crippen molar-refractivity contribution in [2.75, 3.05) is 5.73 Å². The number of alkyl halides is 1. The Morgan fingerprint density at radius 1 is 1.19 bits per heavy atom. The van der Waals surface area contributed by atoms with E-state index >= 15 is 0 Å². The molecule has 16 heavy (non-hydrogen) atoms. The SMILES string of the molecule is CC(CC(Cl)C(C)C)Sc1ccc(N)cc1. The smallest absolute Gasteiger partial charge is 0.0369 e. The molecule has 1 aromatic carbocycles. The maximum Gasteiger partial charge on any atom is 0.0369 e. The summed E-state index contributed by atoms with van der Waals surface area (Å²) in [6.45, 7) is 6.55. The molecule has 0 saturated heterocycles. The zero-order chi connectivity index (χ0) is 12.1. The van der Waals surface area contributed by atoms with Crippen LogP contribution in [0.1, 0.15) is 27.2 Å². The predicted molar refractivity (Wildman–Crippen MR) is 75.3 cm³/mol. The zero-order valence-corrected chi connectivity index (χ0v) is 11.7. The summed E-state index contributed by atoms with van der Waals surface area (Å²) in [5.41, 5.74) is 6.46. The highest BCUT2D eigenvalue weighted by atomic mass is 35.5. The lowest BCUT2D eigenvalue weighted by Gasteiger charge is -2.18. The van der Waals surface area contributed by atoms with E-state index in [1.54, 1.807) is 0 Å². The van der Waals surface area contributed by atoms with Crippen molar-refractivity contribution in [3.05, 3.63) is 24.3 Å². The molecular weight excluding hydrogens is 238 g/mol. The van der Waals surface area contributed by atoms with Gasteiger partial charge in [-0.3, -0.25) is 0 Å². The third-order valence-corrected chi connectivity index (χ3v) is 4.32. The van der Waals surface area contributed by atoms with Crippen molar-refractivity contribution >= 4 is 29.1 Å². The van der Waals surface area contributed by atoms with E-state index in [0.29, 0.717) is 11.2 Å². The van der Waals surface area contributed by atoms with Crippen LogP contribution in [-0.2, 0) is 0 Å². The standard InChI is InChI=1S/C13H20ClNS/c1-9(2)13(14)8-10(3)16-12-6-4-11(15)5-7-12/h4-7,9-10,13H,8,15H2,1-3H3. The van der Waals surface area contributed by atoms with Gasteiger partial charge < -0.3 is 5.73 Å². The maximum atomic E-state index is 6.27. The van der Waals surface area contributed by atoms with Gasteiger partial charge >= 0.3 is 0 Å². The number of anilines is 1. The molecule has 0 heterocycles. The van der Waals surface area contributed by atoms with Crippen LogP contribution in [-0.4, -0.2) is 10.6 Å². The Kier molecular flexibility index (Phi) is 5.50. The summed E-state index contributed by atoms with van der Waals surface area (Å²) in [4.78, 5) is 1.26. The Hall–Kier alpha value is -0.340. The first-order chi connectivity index (χ1) is 7.49. The summed E-state index contributed by atoms with van der Waals surface area (Å²) in [5.74, 6) is 0.538. The Morgan fingerprint density at radius 2 is 1.75 bits per heavy atom. The lowest BCUT2D eigenvalue weighted by atomic mass is 10.1. The molecule has 0 aliphatic rings. The number of thioether (sulfide) groups is 1. The molecule has 0 amide bonds. The summed E-state index contributed by atoms with van der Waals surface area (Å²) < 4.78 is 0. The minimum Gasteiger partial charge on any atom is -0.399 e. The molecule has 0 bridgehead atoms. The minimum atomic E-state index is 0.260. The van der Waals surface area contributed by atoms with Crippen molar-refractivity contribution in [2.45, 2.75) is 42.7 Å². The largest absolute Gasteiger partial charge is 0.399 e. The third kappa shape index (κ3) is 4.67. The summed E-state index contributed by atoms with van der Waals surface area (Å²) in [5, 5.41) is 0.796. The molecule has 0 aliphatic carbocycles. The fourth-order valence-corrected chi connectivity index (χ4v) is 2.85.